The maximum absolute atomic E-state index is 12.0. The third kappa shape index (κ3) is 2.53. The fourth-order valence-corrected chi connectivity index (χ4v) is 3.68. The molecular weight excluding hydrogens is 242 g/mol. The van der Waals surface area contributed by atoms with Crippen LogP contribution in [0.3, 0.4) is 0 Å². The van der Waals surface area contributed by atoms with E-state index in [1.54, 1.807) is 0 Å². The van der Waals surface area contributed by atoms with Gasteiger partial charge in [0, 0.05) is 18.2 Å². The molecule has 3 atom stereocenters. The number of amides is 1. The maximum atomic E-state index is 12.0. The number of aromatic hydroxyl groups is 2. The van der Waals surface area contributed by atoms with Crippen molar-refractivity contribution in [3.05, 3.63) is 23.8 Å². The fraction of sp³-hybridized carbons (Fsp3) is 0.533. The van der Waals surface area contributed by atoms with Crippen molar-refractivity contribution in [2.24, 2.45) is 17.8 Å². The third-order valence-corrected chi connectivity index (χ3v) is 4.57. The number of phenols is 2. The van der Waals surface area contributed by atoms with E-state index >= 15 is 0 Å². The highest BCUT2D eigenvalue weighted by Gasteiger charge is 2.39. The topological polar surface area (TPSA) is 69.6 Å². The molecule has 4 nitrogen and oxygen atoms in total. The van der Waals surface area contributed by atoms with Crippen LogP contribution in [0.25, 0.3) is 0 Å². The molecule has 19 heavy (non-hydrogen) atoms. The Kier molecular flexibility index (Phi) is 3.09. The van der Waals surface area contributed by atoms with Crippen molar-refractivity contribution in [2.45, 2.75) is 25.7 Å². The summed E-state index contributed by atoms with van der Waals surface area (Å²) in [6, 6.07) is 3.96. The van der Waals surface area contributed by atoms with Crippen molar-refractivity contribution < 1.29 is 15.0 Å². The zero-order valence-corrected chi connectivity index (χ0v) is 10.8. The Morgan fingerprint density at radius 1 is 1.16 bits per heavy atom. The Morgan fingerprint density at radius 2 is 1.89 bits per heavy atom. The van der Waals surface area contributed by atoms with E-state index in [0.717, 1.165) is 11.8 Å². The summed E-state index contributed by atoms with van der Waals surface area (Å²) < 4.78 is 0. The van der Waals surface area contributed by atoms with Gasteiger partial charge in [-0.05, 0) is 49.1 Å². The molecule has 1 aromatic carbocycles. The van der Waals surface area contributed by atoms with Crippen LogP contribution in [0, 0.1) is 17.8 Å². The minimum absolute atomic E-state index is 0.0925. The number of phenolic OH excluding ortho intramolecular Hbond substituents is 2. The Bertz CT molecular complexity index is 480. The number of rotatable bonds is 3. The summed E-state index contributed by atoms with van der Waals surface area (Å²) in [4.78, 5) is 12.0. The smallest absolute Gasteiger partial charge is 0.251 e. The Labute approximate surface area is 112 Å². The largest absolute Gasteiger partial charge is 0.508 e. The molecule has 1 aromatic rings. The third-order valence-electron chi connectivity index (χ3n) is 4.57. The molecular formula is C15H19NO3. The zero-order valence-electron chi connectivity index (χ0n) is 10.8. The molecule has 2 fully saturated rings. The minimum Gasteiger partial charge on any atom is -0.508 e. The highest BCUT2D eigenvalue weighted by Crippen LogP contribution is 2.47. The van der Waals surface area contributed by atoms with Crippen LogP contribution in [-0.2, 0) is 0 Å². The number of fused-ring (bicyclic) bond motifs is 2. The van der Waals surface area contributed by atoms with Crippen molar-refractivity contribution in [3.8, 4) is 11.5 Å². The van der Waals surface area contributed by atoms with Gasteiger partial charge in [0.1, 0.15) is 11.5 Å². The lowest BCUT2D eigenvalue weighted by Crippen LogP contribution is -2.31. The predicted octanol–water partition coefficient (Wildman–Crippen LogP) is 2.26. The first-order valence-electron chi connectivity index (χ1n) is 6.93. The summed E-state index contributed by atoms with van der Waals surface area (Å²) in [5.41, 5.74) is 0.306. The van der Waals surface area contributed by atoms with Gasteiger partial charge in [-0.2, -0.15) is 0 Å². The monoisotopic (exact) mass is 261 g/mol. The van der Waals surface area contributed by atoms with E-state index in [-0.39, 0.29) is 17.4 Å². The predicted molar refractivity (Wildman–Crippen MR) is 71.0 cm³/mol. The SMILES string of the molecule is O=C(NCC1CC2CCC1C2)c1cc(O)cc(O)c1. The van der Waals surface area contributed by atoms with E-state index in [1.165, 1.54) is 43.9 Å². The Morgan fingerprint density at radius 3 is 2.47 bits per heavy atom. The molecule has 0 heterocycles. The molecule has 0 spiro atoms. The molecule has 0 aromatic heterocycles. The number of carbonyl (C=O) groups is 1. The lowest BCUT2D eigenvalue weighted by atomic mass is 9.89. The molecule has 1 amide bonds. The standard InChI is InChI=1S/C15H19NO3/c17-13-5-11(6-14(18)7-13)15(19)16-8-12-4-9-1-2-10(12)3-9/h5-7,9-10,12,17-18H,1-4,8H2,(H,16,19). The second kappa shape index (κ2) is 4.76. The summed E-state index contributed by atoms with van der Waals surface area (Å²) in [5.74, 6) is 1.84. The Balaban J connectivity index is 1.59. The van der Waals surface area contributed by atoms with Crippen LogP contribution in [0.1, 0.15) is 36.0 Å². The van der Waals surface area contributed by atoms with Gasteiger partial charge >= 0.3 is 0 Å². The van der Waals surface area contributed by atoms with Crippen molar-refractivity contribution in [3.63, 3.8) is 0 Å². The van der Waals surface area contributed by atoms with Crippen LogP contribution >= 0.6 is 0 Å². The van der Waals surface area contributed by atoms with E-state index in [2.05, 4.69) is 5.32 Å². The summed E-state index contributed by atoms with van der Waals surface area (Å²) >= 11 is 0. The highest BCUT2D eigenvalue weighted by atomic mass is 16.3. The van der Waals surface area contributed by atoms with Gasteiger partial charge in [-0.25, -0.2) is 0 Å². The number of nitrogens with one attached hydrogen (secondary N) is 1. The molecule has 2 aliphatic rings. The summed E-state index contributed by atoms with van der Waals surface area (Å²) in [5, 5.41) is 21.7. The first-order valence-corrected chi connectivity index (χ1v) is 6.93. The van der Waals surface area contributed by atoms with Gasteiger partial charge in [-0.15, -0.1) is 0 Å². The van der Waals surface area contributed by atoms with Gasteiger partial charge in [-0.3, -0.25) is 4.79 Å². The van der Waals surface area contributed by atoms with Crippen molar-refractivity contribution in [1.29, 1.82) is 0 Å². The molecule has 0 radical (unpaired) electrons. The van der Waals surface area contributed by atoms with Crippen LogP contribution in [0.4, 0.5) is 0 Å². The second-order valence-corrected chi connectivity index (χ2v) is 5.88. The van der Waals surface area contributed by atoms with Gasteiger partial charge < -0.3 is 15.5 Å². The lowest BCUT2D eigenvalue weighted by Gasteiger charge is -2.21. The van der Waals surface area contributed by atoms with E-state index in [0.29, 0.717) is 18.0 Å². The first kappa shape index (κ1) is 12.3. The highest BCUT2D eigenvalue weighted by molar-refractivity contribution is 5.95. The summed E-state index contributed by atoms with van der Waals surface area (Å²) in [7, 11) is 0. The van der Waals surface area contributed by atoms with E-state index in [1.807, 2.05) is 0 Å². The van der Waals surface area contributed by atoms with Crippen molar-refractivity contribution in [1.82, 2.24) is 5.32 Å². The van der Waals surface area contributed by atoms with Crippen LogP contribution in [-0.4, -0.2) is 22.7 Å². The number of benzene rings is 1. The molecule has 0 aliphatic heterocycles. The van der Waals surface area contributed by atoms with Crippen molar-refractivity contribution >= 4 is 5.91 Å². The normalized spacial score (nSPS) is 28.5. The van der Waals surface area contributed by atoms with Crippen LogP contribution in [0.2, 0.25) is 0 Å². The first-order chi connectivity index (χ1) is 9.11. The maximum Gasteiger partial charge on any atom is 0.251 e. The van der Waals surface area contributed by atoms with Gasteiger partial charge in [-0.1, -0.05) is 6.42 Å². The van der Waals surface area contributed by atoms with Crippen LogP contribution in [0.5, 0.6) is 11.5 Å². The second-order valence-electron chi connectivity index (χ2n) is 5.88. The number of hydrogen-bond acceptors (Lipinski definition) is 3. The van der Waals surface area contributed by atoms with Crippen LogP contribution < -0.4 is 5.32 Å². The molecule has 3 rings (SSSR count). The average Bonchev–Trinajstić information content (AvgIpc) is 2.96. The fourth-order valence-electron chi connectivity index (χ4n) is 3.68. The number of hydrogen-bond donors (Lipinski definition) is 3. The average molecular weight is 261 g/mol. The van der Waals surface area contributed by atoms with Gasteiger partial charge in [0.25, 0.3) is 5.91 Å². The van der Waals surface area contributed by atoms with Crippen molar-refractivity contribution in [2.75, 3.05) is 6.54 Å². The molecule has 102 valence electrons. The van der Waals surface area contributed by atoms with Gasteiger partial charge in [0.15, 0.2) is 0 Å². The van der Waals surface area contributed by atoms with E-state index in [9.17, 15) is 15.0 Å². The molecule has 2 aliphatic carbocycles. The van der Waals surface area contributed by atoms with Gasteiger partial charge in [0.2, 0.25) is 0 Å². The molecule has 2 bridgehead atoms. The summed E-state index contributed by atoms with van der Waals surface area (Å²) in [6.45, 7) is 0.705. The van der Waals surface area contributed by atoms with Gasteiger partial charge in [0.05, 0.1) is 0 Å². The van der Waals surface area contributed by atoms with Crippen LogP contribution in [0.15, 0.2) is 18.2 Å². The molecule has 2 saturated carbocycles. The Hall–Kier alpha value is -1.71. The molecule has 3 unspecified atom stereocenters. The number of carbonyl (C=O) groups excluding carboxylic acids is 1. The van der Waals surface area contributed by atoms with E-state index in [4.69, 9.17) is 0 Å². The zero-order chi connectivity index (χ0) is 13.4. The molecule has 3 N–H and O–H groups in total. The van der Waals surface area contributed by atoms with E-state index < -0.39 is 0 Å². The molecule has 4 heteroatoms. The summed E-state index contributed by atoms with van der Waals surface area (Å²) in [6.07, 6.45) is 5.22. The quantitative estimate of drug-likeness (QED) is 0.781. The molecule has 0 saturated heterocycles. The minimum atomic E-state index is -0.228. The lowest BCUT2D eigenvalue weighted by molar-refractivity contribution is 0.0941.